The molecule has 2 aromatic rings. The van der Waals surface area contributed by atoms with Crippen LogP contribution < -0.4 is 16.2 Å². The number of anilines is 2. The van der Waals surface area contributed by atoms with Crippen LogP contribution in [0.25, 0.3) is 10.2 Å². The molecule has 0 bridgehead atoms. The lowest BCUT2D eigenvalue weighted by atomic mass is 10.2. The molecule has 1 unspecified atom stereocenters. The fourth-order valence-electron chi connectivity index (χ4n) is 2.46. The molecule has 3 heterocycles. The Hall–Kier alpha value is -1.40. The number of rotatable bonds is 2. The molecule has 0 aliphatic carbocycles. The molecule has 0 radical (unpaired) electrons. The Kier molecular flexibility index (Phi) is 2.83. The molecule has 0 aromatic carbocycles. The van der Waals surface area contributed by atoms with Gasteiger partial charge in [0.05, 0.1) is 5.39 Å². The molecule has 3 rings (SSSR count). The van der Waals surface area contributed by atoms with Crippen molar-refractivity contribution in [3.05, 3.63) is 10.9 Å². The summed E-state index contributed by atoms with van der Waals surface area (Å²) in [4.78, 5) is 13.5. The third-order valence-corrected chi connectivity index (χ3v) is 4.29. The molecule has 3 N–H and O–H groups in total. The Balaban J connectivity index is 2.13. The SMILES string of the molecule is Cc1cc2c(N3CCC(C)C3)nc(NN)nc2s1. The molecule has 0 spiro atoms. The molecule has 0 amide bonds. The van der Waals surface area contributed by atoms with Crippen molar-refractivity contribution in [2.45, 2.75) is 20.3 Å². The van der Waals surface area contributed by atoms with Gasteiger partial charge in [-0.2, -0.15) is 4.98 Å². The first-order chi connectivity index (χ1) is 8.67. The molecule has 1 saturated heterocycles. The summed E-state index contributed by atoms with van der Waals surface area (Å²) in [6, 6.07) is 2.17. The minimum Gasteiger partial charge on any atom is -0.356 e. The van der Waals surface area contributed by atoms with Crippen LogP contribution in [-0.4, -0.2) is 23.1 Å². The van der Waals surface area contributed by atoms with E-state index in [0.717, 1.165) is 35.0 Å². The number of hydrogen-bond donors (Lipinski definition) is 2. The number of nitrogen functional groups attached to an aromatic ring is 1. The van der Waals surface area contributed by atoms with Crippen LogP contribution in [0.5, 0.6) is 0 Å². The van der Waals surface area contributed by atoms with Crippen LogP contribution >= 0.6 is 11.3 Å². The molecule has 1 fully saturated rings. The molecule has 1 aliphatic heterocycles. The smallest absolute Gasteiger partial charge is 0.240 e. The molecule has 2 aromatic heterocycles. The Bertz CT molecular complexity index is 579. The highest BCUT2D eigenvalue weighted by Crippen LogP contribution is 2.33. The predicted molar refractivity (Wildman–Crippen MR) is 76.0 cm³/mol. The van der Waals surface area contributed by atoms with Crippen molar-refractivity contribution in [3.63, 3.8) is 0 Å². The maximum atomic E-state index is 5.45. The van der Waals surface area contributed by atoms with Crippen molar-refractivity contribution in [1.29, 1.82) is 0 Å². The third-order valence-electron chi connectivity index (χ3n) is 3.35. The fraction of sp³-hybridized carbons (Fsp3) is 0.500. The zero-order valence-corrected chi connectivity index (χ0v) is 11.4. The standard InChI is InChI=1S/C12H17N5S/c1-7-3-4-17(6-7)10-9-5-8(2)18-11(9)15-12(14-10)16-13/h5,7H,3-4,6,13H2,1-2H3,(H,14,15,16). The number of thiophene rings is 1. The van der Waals surface area contributed by atoms with Crippen LogP contribution in [0.1, 0.15) is 18.2 Å². The second-order valence-corrected chi connectivity index (χ2v) is 6.17. The van der Waals surface area contributed by atoms with Gasteiger partial charge >= 0.3 is 0 Å². The number of fused-ring (bicyclic) bond motifs is 1. The normalized spacial score (nSPS) is 19.7. The van der Waals surface area contributed by atoms with Crippen LogP contribution in [0.2, 0.25) is 0 Å². The van der Waals surface area contributed by atoms with Gasteiger partial charge in [-0.05, 0) is 25.3 Å². The van der Waals surface area contributed by atoms with E-state index in [9.17, 15) is 0 Å². The lowest BCUT2D eigenvalue weighted by Crippen LogP contribution is -2.22. The molecule has 1 aliphatic rings. The van der Waals surface area contributed by atoms with Crippen molar-refractivity contribution < 1.29 is 0 Å². The molecule has 0 saturated carbocycles. The first-order valence-corrected chi connectivity index (χ1v) is 6.99. The van der Waals surface area contributed by atoms with Crippen molar-refractivity contribution in [3.8, 4) is 0 Å². The number of hydrogen-bond acceptors (Lipinski definition) is 6. The van der Waals surface area contributed by atoms with E-state index in [-0.39, 0.29) is 0 Å². The molecule has 96 valence electrons. The fourth-order valence-corrected chi connectivity index (χ4v) is 3.33. The van der Waals surface area contributed by atoms with Crippen molar-refractivity contribution in [2.75, 3.05) is 23.4 Å². The van der Waals surface area contributed by atoms with Gasteiger partial charge in [-0.15, -0.1) is 11.3 Å². The minimum absolute atomic E-state index is 0.499. The summed E-state index contributed by atoms with van der Waals surface area (Å²) in [6.07, 6.45) is 1.22. The Morgan fingerprint density at radius 1 is 1.50 bits per heavy atom. The number of hydrazine groups is 1. The number of aryl methyl sites for hydroxylation is 1. The lowest BCUT2D eigenvalue weighted by Gasteiger charge is -2.18. The maximum Gasteiger partial charge on any atom is 0.240 e. The van der Waals surface area contributed by atoms with E-state index in [2.05, 4.69) is 40.2 Å². The Labute approximate surface area is 110 Å². The summed E-state index contributed by atoms with van der Waals surface area (Å²) in [5, 5.41) is 1.14. The van der Waals surface area contributed by atoms with E-state index >= 15 is 0 Å². The highest BCUT2D eigenvalue weighted by molar-refractivity contribution is 7.18. The predicted octanol–water partition coefficient (Wildman–Crippen LogP) is 2.13. The largest absolute Gasteiger partial charge is 0.356 e. The van der Waals surface area contributed by atoms with Gasteiger partial charge in [-0.25, -0.2) is 10.8 Å². The van der Waals surface area contributed by atoms with Gasteiger partial charge in [0.15, 0.2) is 0 Å². The number of aromatic nitrogens is 2. The molecular formula is C12H17N5S. The average Bonchev–Trinajstić information content (AvgIpc) is 2.92. The first kappa shape index (κ1) is 11.7. The number of nitrogens with zero attached hydrogens (tertiary/aromatic N) is 3. The molecular weight excluding hydrogens is 246 g/mol. The second kappa shape index (κ2) is 4.37. The van der Waals surface area contributed by atoms with Gasteiger partial charge in [0.2, 0.25) is 5.95 Å². The van der Waals surface area contributed by atoms with Crippen LogP contribution in [0, 0.1) is 12.8 Å². The van der Waals surface area contributed by atoms with Crippen LogP contribution in [0.3, 0.4) is 0 Å². The third kappa shape index (κ3) is 1.91. The Morgan fingerprint density at radius 2 is 2.33 bits per heavy atom. The van der Waals surface area contributed by atoms with Crippen molar-refractivity contribution in [2.24, 2.45) is 11.8 Å². The Morgan fingerprint density at radius 3 is 3.00 bits per heavy atom. The molecule has 5 nitrogen and oxygen atoms in total. The quantitative estimate of drug-likeness (QED) is 0.642. The van der Waals surface area contributed by atoms with E-state index in [1.807, 2.05) is 0 Å². The van der Waals surface area contributed by atoms with Gasteiger partial charge in [0, 0.05) is 18.0 Å². The van der Waals surface area contributed by atoms with Crippen molar-refractivity contribution in [1.82, 2.24) is 9.97 Å². The monoisotopic (exact) mass is 263 g/mol. The molecule has 18 heavy (non-hydrogen) atoms. The zero-order valence-electron chi connectivity index (χ0n) is 10.6. The second-order valence-electron chi connectivity index (χ2n) is 4.93. The van der Waals surface area contributed by atoms with E-state index < -0.39 is 0 Å². The van der Waals surface area contributed by atoms with E-state index in [0.29, 0.717) is 5.95 Å². The van der Waals surface area contributed by atoms with Gasteiger partial charge in [-0.3, -0.25) is 5.43 Å². The van der Waals surface area contributed by atoms with Gasteiger partial charge in [0.1, 0.15) is 10.6 Å². The van der Waals surface area contributed by atoms with Crippen molar-refractivity contribution >= 4 is 33.3 Å². The molecule has 6 heteroatoms. The van der Waals surface area contributed by atoms with Gasteiger partial charge in [0.25, 0.3) is 0 Å². The topological polar surface area (TPSA) is 67.1 Å². The van der Waals surface area contributed by atoms with Crippen LogP contribution in [-0.2, 0) is 0 Å². The van der Waals surface area contributed by atoms with Gasteiger partial charge in [-0.1, -0.05) is 6.92 Å². The summed E-state index contributed by atoms with van der Waals surface area (Å²) in [6.45, 7) is 6.49. The van der Waals surface area contributed by atoms with E-state index in [1.54, 1.807) is 11.3 Å². The number of nitrogens with one attached hydrogen (secondary N) is 1. The maximum absolute atomic E-state index is 5.45. The van der Waals surface area contributed by atoms with E-state index in [4.69, 9.17) is 5.84 Å². The van der Waals surface area contributed by atoms with Gasteiger partial charge < -0.3 is 4.90 Å². The van der Waals surface area contributed by atoms with Crippen LogP contribution in [0.15, 0.2) is 6.07 Å². The average molecular weight is 263 g/mol. The summed E-state index contributed by atoms with van der Waals surface area (Å²) in [5.74, 6) is 7.69. The highest BCUT2D eigenvalue weighted by atomic mass is 32.1. The highest BCUT2D eigenvalue weighted by Gasteiger charge is 2.23. The lowest BCUT2D eigenvalue weighted by molar-refractivity contribution is 0.659. The zero-order chi connectivity index (χ0) is 12.7. The summed E-state index contributed by atoms with van der Waals surface area (Å²) >= 11 is 1.68. The first-order valence-electron chi connectivity index (χ1n) is 6.17. The van der Waals surface area contributed by atoms with E-state index in [1.165, 1.54) is 11.3 Å². The summed E-state index contributed by atoms with van der Waals surface area (Å²) in [7, 11) is 0. The summed E-state index contributed by atoms with van der Waals surface area (Å²) in [5.41, 5.74) is 2.56. The van der Waals surface area contributed by atoms with Crippen LogP contribution in [0.4, 0.5) is 11.8 Å². The minimum atomic E-state index is 0.499. The molecule has 1 atom stereocenters. The number of nitrogens with two attached hydrogens (primary N) is 1. The summed E-state index contributed by atoms with van der Waals surface area (Å²) < 4.78 is 0.